The van der Waals surface area contributed by atoms with Crippen LogP contribution in [0.5, 0.6) is 0 Å². The number of aliphatic hydroxyl groups is 1. The third kappa shape index (κ3) is 3.01. The number of benzene rings is 1. The summed E-state index contributed by atoms with van der Waals surface area (Å²) in [4.78, 5) is 3.94. The van der Waals surface area contributed by atoms with Crippen LogP contribution >= 0.6 is 15.9 Å². The highest BCUT2D eigenvalue weighted by Crippen LogP contribution is 2.23. The first-order valence-corrected chi connectivity index (χ1v) is 5.75. The minimum Gasteiger partial charge on any atom is -0.392 e. The molecule has 0 saturated carbocycles. The minimum absolute atomic E-state index is 0.0919. The van der Waals surface area contributed by atoms with Gasteiger partial charge >= 0.3 is 0 Å². The summed E-state index contributed by atoms with van der Waals surface area (Å²) < 4.78 is 14.2. The molecule has 88 valence electrons. The Labute approximate surface area is 106 Å². The summed E-state index contributed by atoms with van der Waals surface area (Å²) in [6, 6.07) is 6.47. The van der Waals surface area contributed by atoms with E-state index in [4.69, 9.17) is 5.11 Å². The molecule has 3 nitrogen and oxygen atoms in total. The predicted molar refractivity (Wildman–Crippen MR) is 67.5 cm³/mol. The van der Waals surface area contributed by atoms with Crippen molar-refractivity contribution in [1.29, 1.82) is 0 Å². The van der Waals surface area contributed by atoms with Crippen LogP contribution in [0.2, 0.25) is 0 Å². The van der Waals surface area contributed by atoms with Crippen LogP contribution in [0, 0.1) is 5.82 Å². The molecule has 2 rings (SSSR count). The van der Waals surface area contributed by atoms with E-state index < -0.39 is 0 Å². The van der Waals surface area contributed by atoms with Gasteiger partial charge in [-0.15, -0.1) is 0 Å². The van der Waals surface area contributed by atoms with Crippen LogP contribution in [-0.2, 0) is 6.61 Å². The maximum Gasteiger partial charge on any atom is 0.147 e. The molecule has 0 aliphatic heterocycles. The number of rotatable bonds is 3. The van der Waals surface area contributed by atoms with Gasteiger partial charge < -0.3 is 10.4 Å². The van der Waals surface area contributed by atoms with Gasteiger partial charge in [-0.25, -0.2) is 4.39 Å². The number of aromatic nitrogens is 1. The Bertz CT molecular complexity index is 534. The zero-order valence-corrected chi connectivity index (χ0v) is 10.4. The van der Waals surface area contributed by atoms with Crippen LogP contribution in [0.3, 0.4) is 0 Å². The zero-order chi connectivity index (χ0) is 12.3. The molecule has 1 aromatic heterocycles. The van der Waals surface area contributed by atoms with Gasteiger partial charge in [0.25, 0.3) is 0 Å². The second-order valence-corrected chi connectivity index (χ2v) is 4.40. The molecule has 1 aromatic carbocycles. The molecular weight excluding hydrogens is 287 g/mol. The minimum atomic E-state index is -0.353. The number of hydrogen-bond donors (Lipinski definition) is 2. The van der Waals surface area contributed by atoms with Gasteiger partial charge in [0.05, 0.1) is 24.2 Å². The van der Waals surface area contributed by atoms with E-state index in [1.54, 1.807) is 30.6 Å². The van der Waals surface area contributed by atoms with E-state index in [1.807, 2.05) is 0 Å². The number of aliphatic hydroxyl groups excluding tert-OH is 1. The van der Waals surface area contributed by atoms with Crippen molar-refractivity contribution in [3.63, 3.8) is 0 Å². The first kappa shape index (κ1) is 12.0. The highest BCUT2D eigenvalue weighted by atomic mass is 79.9. The van der Waals surface area contributed by atoms with Crippen molar-refractivity contribution in [3.05, 3.63) is 52.5 Å². The second kappa shape index (κ2) is 5.25. The Hall–Kier alpha value is -1.46. The monoisotopic (exact) mass is 296 g/mol. The lowest BCUT2D eigenvalue weighted by Crippen LogP contribution is -1.96. The van der Waals surface area contributed by atoms with Crippen LogP contribution in [0.15, 0.2) is 41.1 Å². The van der Waals surface area contributed by atoms with E-state index in [9.17, 15) is 4.39 Å². The van der Waals surface area contributed by atoms with Gasteiger partial charge in [0, 0.05) is 10.7 Å². The van der Waals surface area contributed by atoms with Crippen molar-refractivity contribution < 1.29 is 9.50 Å². The van der Waals surface area contributed by atoms with E-state index in [1.165, 1.54) is 6.07 Å². The number of pyridine rings is 1. The molecule has 0 atom stereocenters. The van der Waals surface area contributed by atoms with Gasteiger partial charge in [0.1, 0.15) is 5.82 Å². The third-order valence-electron chi connectivity index (χ3n) is 2.19. The number of hydrogen-bond acceptors (Lipinski definition) is 3. The molecule has 0 unspecified atom stereocenters. The first-order chi connectivity index (χ1) is 8.19. The van der Waals surface area contributed by atoms with Crippen LogP contribution in [0.4, 0.5) is 15.8 Å². The lowest BCUT2D eigenvalue weighted by atomic mass is 10.2. The van der Waals surface area contributed by atoms with Crippen molar-refractivity contribution in [2.24, 2.45) is 0 Å². The summed E-state index contributed by atoms with van der Waals surface area (Å²) in [7, 11) is 0. The molecule has 2 N–H and O–H groups in total. The Morgan fingerprint density at radius 3 is 2.82 bits per heavy atom. The number of halogens is 2. The summed E-state index contributed by atoms with van der Waals surface area (Å²) in [6.45, 7) is -0.0919. The standard InChI is InChI=1S/C12H10BrFN2O/c13-9-1-2-12(11(14)4-9)16-10-3-8(7-17)5-15-6-10/h1-6,16-17H,7H2. The second-order valence-electron chi connectivity index (χ2n) is 3.49. The van der Waals surface area contributed by atoms with E-state index in [2.05, 4.69) is 26.2 Å². The molecular formula is C12H10BrFN2O. The topological polar surface area (TPSA) is 45.2 Å². The summed E-state index contributed by atoms with van der Waals surface area (Å²) in [5.74, 6) is -0.353. The van der Waals surface area contributed by atoms with Crippen molar-refractivity contribution in [3.8, 4) is 0 Å². The zero-order valence-electron chi connectivity index (χ0n) is 8.82. The molecule has 5 heteroatoms. The van der Waals surface area contributed by atoms with Crippen LogP contribution in [-0.4, -0.2) is 10.1 Å². The molecule has 2 aromatic rings. The van der Waals surface area contributed by atoms with Gasteiger partial charge in [-0.1, -0.05) is 15.9 Å². The van der Waals surface area contributed by atoms with Gasteiger partial charge in [-0.05, 0) is 29.8 Å². The molecule has 0 aliphatic rings. The van der Waals surface area contributed by atoms with Crippen molar-refractivity contribution in [2.45, 2.75) is 6.61 Å². The highest BCUT2D eigenvalue weighted by molar-refractivity contribution is 9.10. The lowest BCUT2D eigenvalue weighted by molar-refractivity contribution is 0.281. The molecule has 0 aliphatic carbocycles. The molecule has 0 amide bonds. The SMILES string of the molecule is OCc1cncc(Nc2ccc(Br)cc2F)c1. The summed E-state index contributed by atoms with van der Waals surface area (Å²) >= 11 is 3.19. The van der Waals surface area contributed by atoms with Gasteiger partial charge in [0.2, 0.25) is 0 Å². The summed E-state index contributed by atoms with van der Waals surface area (Å²) in [5, 5.41) is 11.9. The number of anilines is 2. The average molecular weight is 297 g/mol. The van der Waals surface area contributed by atoms with E-state index in [0.717, 1.165) is 0 Å². The molecule has 0 saturated heterocycles. The fraction of sp³-hybridized carbons (Fsp3) is 0.0833. The van der Waals surface area contributed by atoms with Crippen LogP contribution in [0.25, 0.3) is 0 Å². The summed E-state index contributed by atoms with van der Waals surface area (Å²) in [6.07, 6.45) is 3.13. The average Bonchev–Trinajstić information content (AvgIpc) is 2.33. The molecule has 1 heterocycles. The van der Waals surface area contributed by atoms with Crippen LogP contribution < -0.4 is 5.32 Å². The van der Waals surface area contributed by atoms with E-state index in [0.29, 0.717) is 21.4 Å². The highest BCUT2D eigenvalue weighted by Gasteiger charge is 2.03. The molecule has 0 bridgehead atoms. The summed E-state index contributed by atoms with van der Waals surface area (Å²) in [5.41, 5.74) is 1.68. The van der Waals surface area contributed by atoms with Gasteiger partial charge in [0.15, 0.2) is 0 Å². The Morgan fingerprint density at radius 1 is 1.29 bits per heavy atom. The lowest BCUT2D eigenvalue weighted by Gasteiger charge is -2.08. The maximum absolute atomic E-state index is 13.6. The smallest absolute Gasteiger partial charge is 0.147 e. The number of nitrogens with zero attached hydrogens (tertiary/aromatic N) is 1. The van der Waals surface area contributed by atoms with Gasteiger partial charge in [-0.3, -0.25) is 4.98 Å². The largest absolute Gasteiger partial charge is 0.392 e. The Balaban J connectivity index is 2.25. The quantitative estimate of drug-likeness (QED) is 0.914. The van der Waals surface area contributed by atoms with Crippen molar-refractivity contribution in [1.82, 2.24) is 4.98 Å². The van der Waals surface area contributed by atoms with Crippen molar-refractivity contribution >= 4 is 27.3 Å². The Kier molecular flexibility index (Phi) is 3.71. The van der Waals surface area contributed by atoms with E-state index in [-0.39, 0.29) is 12.4 Å². The van der Waals surface area contributed by atoms with Crippen molar-refractivity contribution in [2.75, 3.05) is 5.32 Å². The molecule has 0 fully saturated rings. The molecule has 17 heavy (non-hydrogen) atoms. The number of nitrogens with one attached hydrogen (secondary N) is 1. The fourth-order valence-electron chi connectivity index (χ4n) is 1.39. The van der Waals surface area contributed by atoms with Gasteiger partial charge in [-0.2, -0.15) is 0 Å². The molecule has 0 spiro atoms. The molecule has 0 radical (unpaired) electrons. The maximum atomic E-state index is 13.6. The predicted octanol–water partition coefficient (Wildman–Crippen LogP) is 3.22. The Morgan fingerprint density at radius 2 is 2.12 bits per heavy atom. The van der Waals surface area contributed by atoms with E-state index >= 15 is 0 Å². The fourth-order valence-corrected chi connectivity index (χ4v) is 1.72. The first-order valence-electron chi connectivity index (χ1n) is 4.96. The van der Waals surface area contributed by atoms with Crippen LogP contribution in [0.1, 0.15) is 5.56 Å². The normalized spacial score (nSPS) is 10.3. The third-order valence-corrected chi connectivity index (χ3v) is 2.68.